The van der Waals surface area contributed by atoms with E-state index in [-0.39, 0.29) is 30.0 Å². The van der Waals surface area contributed by atoms with Crippen LogP contribution in [0.2, 0.25) is 0 Å². The second-order valence-corrected chi connectivity index (χ2v) is 6.95. The first-order valence-corrected chi connectivity index (χ1v) is 8.88. The minimum absolute atomic E-state index is 0. The number of nitrogens with zero attached hydrogens (tertiary/aromatic N) is 2. The van der Waals surface area contributed by atoms with Crippen molar-refractivity contribution >= 4 is 51.6 Å². The van der Waals surface area contributed by atoms with E-state index >= 15 is 0 Å². The molecule has 7 heteroatoms. The average molecular weight is 511 g/mol. The lowest BCUT2D eigenvalue weighted by Gasteiger charge is -2.20. The highest BCUT2D eigenvalue weighted by molar-refractivity contribution is 14.0. The van der Waals surface area contributed by atoms with E-state index in [1.54, 1.807) is 14.2 Å². The molecule has 0 spiro atoms. The summed E-state index contributed by atoms with van der Waals surface area (Å²) in [6.45, 7) is 5.88. The molecular weight excluding hydrogens is 483 g/mol. The number of hydrogen-bond acceptors (Lipinski definition) is 3. The van der Waals surface area contributed by atoms with Crippen LogP contribution in [0.25, 0.3) is 0 Å². The summed E-state index contributed by atoms with van der Waals surface area (Å²) >= 11 is 3.49. The number of anilines is 1. The van der Waals surface area contributed by atoms with Crippen LogP contribution in [-0.4, -0.2) is 52.4 Å². The van der Waals surface area contributed by atoms with Gasteiger partial charge in [0.15, 0.2) is 5.96 Å². The summed E-state index contributed by atoms with van der Waals surface area (Å²) in [6, 6.07) is 8.79. The highest BCUT2D eigenvalue weighted by atomic mass is 127. The van der Waals surface area contributed by atoms with Gasteiger partial charge >= 0.3 is 0 Å². The van der Waals surface area contributed by atoms with Crippen LogP contribution in [0.5, 0.6) is 0 Å². The van der Waals surface area contributed by atoms with Crippen molar-refractivity contribution in [3.05, 3.63) is 28.7 Å². The normalized spacial score (nSPS) is 18.9. The Labute approximate surface area is 170 Å². The number of nitrogens with one attached hydrogen (secondary N) is 2. The lowest BCUT2D eigenvalue weighted by molar-refractivity contribution is 0.179. The van der Waals surface area contributed by atoms with Gasteiger partial charge in [-0.3, -0.25) is 4.99 Å². The van der Waals surface area contributed by atoms with Crippen molar-refractivity contribution in [1.82, 2.24) is 10.6 Å². The molecule has 0 saturated carbocycles. The van der Waals surface area contributed by atoms with Gasteiger partial charge in [-0.1, -0.05) is 15.9 Å². The Morgan fingerprint density at radius 3 is 2.75 bits per heavy atom. The Balaban J connectivity index is 0.00000288. The second kappa shape index (κ2) is 11.1. The van der Waals surface area contributed by atoms with Crippen molar-refractivity contribution < 1.29 is 4.74 Å². The summed E-state index contributed by atoms with van der Waals surface area (Å²) in [5.41, 5.74) is 1.30. The third kappa shape index (κ3) is 6.76. The molecule has 2 atom stereocenters. The first-order valence-electron chi connectivity index (χ1n) is 8.09. The monoisotopic (exact) mass is 510 g/mol. The Hall–Kier alpha value is -0.540. The van der Waals surface area contributed by atoms with Crippen LogP contribution in [0.4, 0.5) is 5.69 Å². The molecule has 1 aromatic carbocycles. The molecule has 1 aromatic rings. The predicted octanol–water partition coefficient (Wildman–Crippen LogP) is 3.09. The van der Waals surface area contributed by atoms with E-state index in [2.05, 4.69) is 67.6 Å². The van der Waals surface area contributed by atoms with Gasteiger partial charge in [-0.2, -0.15) is 0 Å². The molecule has 2 unspecified atom stereocenters. The lowest BCUT2D eigenvalue weighted by atomic mass is 10.1. The van der Waals surface area contributed by atoms with Gasteiger partial charge in [0.05, 0.1) is 6.61 Å². The number of hydrogen-bond donors (Lipinski definition) is 2. The molecule has 24 heavy (non-hydrogen) atoms. The van der Waals surface area contributed by atoms with E-state index in [1.807, 2.05) is 0 Å². The van der Waals surface area contributed by atoms with Gasteiger partial charge in [0, 0.05) is 50.0 Å². The fraction of sp³-hybridized carbons (Fsp3) is 0.588. The predicted molar refractivity (Wildman–Crippen MR) is 116 cm³/mol. The first kappa shape index (κ1) is 21.5. The highest BCUT2D eigenvalue weighted by Crippen LogP contribution is 2.24. The molecule has 2 N–H and O–H groups in total. The van der Waals surface area contributed by atoms with E-state index in [0.29, 0.717) is 12.5 Å². The highest BCUT2D eigenvalue weighted by Gasteiger charge is 2.22. The van der Waals surface area contributed by atoms with Crippen molar-refractivity contribution in [3.8, 4) is 0 Å². The number of guanidine groups is 1. The topological polar surface area (TPSA) is 48.9 Å². The molecule has 0 amide bonds. The number of rotatable bonds is 6. The fourth-order valence-electron chi connectivity index (χ4n) is 2.85. The van der Waals surface area contributed by atoms with Crippen LogP contribution in [0, 0.1) is 5.92 Å². The molecule has 1 heterocycles. The van der Waals surface area contributed by atoms with Crippen molar-refractivity contribution in [2.75, 3.05) is 45.3 Å². The Bertz CT molecular complexity index is 512. The standard InChI is InChI=1S/C17H27BrN4O.HI/c1-13(12-23-3)21-17(19-2)20-10-14-8-9-22(11-14)16-6-4-15(18)5-7-16;/h4-7,13-14H,8-12H2,1-3H3,(H2,19,20,21);1H. The molecule has 1 saturated heterocycles. The van der Waals surface area contributed by atoms with Crippen LogP contribution in [0.1, 0.15) is 13.3 Å². The average Bonchev–Trinajstić information content (AvgIpc) is 3.01. The number of halogens is 2. The van der Waals surface area contributed by atoms with Crippen LogP contribution in [0.3, 0.4) is 0 Å². The van der Waals surface area contributed by atoms with Crippen LogP contribution in [0.15, 0.2) is 33.7 Å². The van der Waals surface area contributed by atoms with Gasteiger partial charge in [0.1, 0.15) is 0 Å². The fourth-order valence-corrected chi connectivity index (χ4v) is 3.11. The van der Waals surface area contributed by atoms with E-state index in [0.717, 1.165) is 30.1 Å². The molecule has 1 aliphatic rings. The van der Waals surface area contributed by atoms with Crippen molar-refractivity contribution in [2.45, 2.75) is 19.4 Å². The molecule has 0 radical (unpaired) electrons. The Kier molecular flexibility index (Phi) is 9.99. The lowest BCUT2D eigenvalue weighted by Crippen LogP contribution is -2.45. The van der Waals surface area contributed by atoms with Crippen molar-refractivity contribution in [2.24, 2.45) is 10.9 Å². The maximum absolute atomic E-state index is 5.14. The van der Waals surface area contributed by atoms with Gasteiger partial charge in [-0.05, 0) is 43.5 Å². The molecule has 1 fully saturated rings. The van der Waals surface area contributed by atoms with Crippen LogP contribution >= 0.6 is 39.9 Å². The quantitative estimate of drug-likeness (QED) is 0.351. The third-order valence-electron chi connectivity index (χ3n) is 4.06. The van der Waals surface area contributed by atoms with Crippen molar-refractivity contribution in [1.29, 1.82) is 0 Å². The maximum atomic E-state index is 5.14. The first-order chi connectivity index (χ1) is 11.1. The SMILES string of the molecule is CN=C(NCC1CCN(c2ccc(Br)cc2)C1)NC(C)COC.I. The third-order valence-corrected chi connectivity index (χ3v) is 4.59. The largest absolute Gasteiger partial charge is 0.383 e. The van der Waals surface area contributed by atoms with Gasteiger partial charge in [0.2, 0.25) is 0 Å². The smallest absolute Gasteiger partial charge is 0.191 e. The molecule has 1 aliphatic heterocycles. The summed E-state index contributed by atoms with van der Waals surface area (Å²) in [6.07, 6.45) is 1.20. The summed E-state index contributed by atoms with van der Waals surface area (Å²) in [4.78, 5) is 6.73. The second-order valence-electron chi connectivity index (χ2n) is 6.03. The van der Waals surface area contributed by atoms with E-state index in [4.69, 9.17) is 4.74 Å². The minimum atomic E-state index is 0. The zero-order valence-corrected chi connectivity index (χ0v) is 18.5. The van der Waals surface area contributed by atoms with Gasteiger partial charge in [-0.15, -0.1) is 24.0 Å². The molecule has 5 nitrogen and oxygen atoms in total. The molecule has 0 aliphatic carbocycles. The minimum Gasteiger partial charge on any atom is -0.383 e. The molecule has 0 bridgehead atoms. The molecular formula is C17H28BrIN4O. The number of methoxy groups -OCH3 is 1. The van der Waals surface area contributed by atoms with Crippen LogP contribution < -0.4 is 15.5 Å². The Morgan fingerprint density at radius 2 is 2.12 bits per heavy atom. The number of aliphatic imine (C=N–C) groups is 1. The summed E-state index contributed by atoms with van der Waals surface area (Å²) in [5, 5.41) is 6.77. The number of benzene rings is 1. The van der Waals surface area contributed by atoms with E-state index in [1.165, 1.54) is 12.1 Å². The molecule has 2 rings (SSSR count). The van der Waals surface area contributed by atoms with Crippen molar-refractivity contribution in [3.63, 3.8) is 0 Å². The zero-order valence-electron chi connectivity index (χ0n) is 14.6. The van der Waals surface area contributed by atoms with E-state index in [9.17, 15) is 0 Å². The zero-order chi connectivity index (χ0) is 16.7. The number of ether oxygens (including phenoxy) is 1. The van der Waals surface area contributed by atoms with Gasteiger partial charge < -0.3 is 20.3 Å². The Morgan fingerprint density at radius 1 is 1.42 bits per heavy atom. The molecule has 0 aromatic heterocycles. The maximum Gasteiger partial charge on any atom is 0.191 e. The van der Waals surface area contributed by atoms with Crippen LogP contribution in [-0.2, 0) is 4.74 Å². The summed E-state index contributed by atoms with van der Waals surface area (Å²) in [5.74, 6) is 1.48. The summed E-state index contributed by atoms with van der Waals surface area (Å²) in [7, 11) is 3.52. The van der Waals surface area contributed by atoms with Gasteiger partial charge in [0.25, 0.3) is 0 Å². The van der Waals surface area contributed by atoms with E-state index < -0.39 is 0 Å². The summed E-state index contributed by atoms with van der Waals surface area (Å²) < 4.78 is 6.27. The van der Waals surface area contributed by atoms with Gasteiger partial charge in [-0.25, -0.2) is 0 Å². The molecule has 136 valence electrons.